The van der Waals surface area contributed by atoms with Crippen LogP contribution in [0.5, 0.6) is 0 Å². The van der Waals surface area contributed by atoms with Crippen molar-refractivity contribution in [2.45, 2.75) is 19.3 Å². The molecule has 3 nitrogen and oxygen atoms in total. The second-order valence-electron chi connectivity index (χ2n) is 4.42. The van der Waals surface area contributed by atoms with Crippen LogP contribution in [0.3, 0.4) is 0 Å². The Balaban J connectivity index is 1.92. The molecule has 0 bridgehead atoms. The second-order valence-corrected chi connectivity index (χ2v) is 6.38. The molecular formula is C13H12ClN3S2. The fourth-order valence-corrected chi connectivity index (χ4v) is 3.59. The summed E-state index contributed by atoms with van der Waals surface area (Å²) < 4.78 is 0. The molecule has 0 spiro atoms. The van der Waals surface area contributed by atoms with Crippen LogP contribution in [-0.2, 0) is 12.8 Å². The maximum absolute atomic E-state index is 5.97. The average Bonchev–Trinajstić information content (AvgIpc) is 2.91. The number of thiocarbonyl (C=S) groups is 1. The average molecular weight is 310 g/mol. The normalized spacial score (nSPS) is 13.3. The van der Waals surface area contributed by atoms with Gasteiger partial charge in [0.1, 0.15) is 4.99 Å². The molecule has 98 valence electrons. The minimum atomic E-state index is 0.328. The van der Waals surface area contributed by atoms with Crippen molar-refractivity contribution in [2.24, 2.45) is 5.73 Å². The lowest BCUT2D eigenvalue weighted by atomic mass is 10.2. The summed E-state index contributed by atoms with van der Waals surface area (Å²) in [5.41, 5.74) is 8.55. The van der Waals surface area contributed by atoms with Crippen molar-refractivity contribution in [1.82, 2.24) is 4.98 Å². The first-order valence-electron chi connectivity index (χ1n) is 5.98. The Morgan fingerprint density at radius 3 is 3.00 bits per heavy atom. The van der Waals surface area contributed by atoms with Gasteiger partial charge < -0.3 is 11.1 Å². The van der Waals surface area contributed by atoms with Gasteiger partial charge in [0, 0.05) is 15.5 Å². The van der Waals surface area contributed by atoms with E-state index in [1.165, 1.54) is 17.0 Å². The number of aromatic nitrogens is 1. The first-order valence-corrected chi connectivity index (χ1v) is 7.59. The fraction of sp³-hybridized carbons (Fsp3) is 0.231. The van der Waals surface area contributed by atoms with Crippen LogP contribution in [0.1, 0.15) is 22.6 Å². The molecule has 1 aliphatic carbocycles. The van der Waals surface area contributed by atoms with Crippen LogP contribution in [-0.4, -0.2) is 9.97 Å². The Hall–Kier alpha value is -1.17. The van der Waals surface area contributed by atoms with E-state index in [2.05, 4.69) is 10.3 Å². The topological polar surface area (TPSA) is 50.9 Å². The summed E-state index contributed by atoms with van der Waals surface area (Å²) in [7, 11) is 0. The van der Waals surface area contributed by atoms with Gasteiger partial charge in [-0.1, -0.05) is 23.8 Å². The molecule has 6 heteroatoms. The molecule has 1 aromatic carbocycles. The van der Waals surface area contributed by atoms with Gasteiger partial charge >= 0.3 is 0 Å². The molecule has 0 fully saturated rings. The molecule has 0 atom stereocenters. The summed E-state index contributed by atoms with van der Waals surface area (Å²) in [4.78, 5) is 6.31. The zero-order chi connectivity index (χ0) is 13.4. The van der Waals surface area contributed by atoms with E-state index in [1.807, 2.05) is 12.1 Å². The molecular weight excluding hydrogens is 298 g/mol. The molecule has 1 heterocycles. The quantitative estimate of drug-likeness (QED) is 0.850. The zero-order valence-corrected chi connectivity index (χ0v) is 12.5. The number of aryl methyl sites for hydroxylation is 2. The smallest absolute Gasteiger partial charge is 0.187 e. The van der Waals surface area contributed by atoms with Crippen molar-refractivity contribution >= 4 is 51.0 Å². The molecule has 0 saturated carbocycles. The molecule has 2 aromatic rings. The molecule has 0 amide bonds. The largest absolute Gasteiger partial charge is 0.389 e. The van der Waals surface area contributed by atoms with Crippen molar-refractivity contribution in [3.05, 3.63) is 39.4 Å². The Kier molecular flexibility index (Phi) is 3.43. The van der Waals surface area contributed by atoms with Gasteiger partial charge in [-0.15, -0.1) is 11.3 Å². The number of rotatable bonds is 3. The third-order valence-electron chi connectivity index (χ3n) is 3.08. The summed E-state index contributed by atoms with van der Waals surface area (Å²) in [5, 5.41) is 4.81. The molecule has 3 N–H and O–H groups in total. The first-order chi connectivity index (χ1) is 9.13. The van der Waals surface area contributed by atoms with Gasteiger partial charge in [0.05, 0.1) is 11.4 Å². The minimum Gasteiger partial charge on any atom is -0.389 e. The summed E-state index contributed by atoms with van der Waals surface area (Å²) in [5.74, 6) is 0. The molecule has 0 aliphatic heterocycles. The number of thiazole rings is 1. The highest BCUT2D eigenvalue weighted by Gasteiger charge is 2.17. The number of halogens is 1. The summed E-state index contributed by atoms with van der Waals surface area (Å²) >= 11 is 12.7. The second kappa shape index (κ2) is 5.07. The van der Waals surface area contributed by atoms with Gasteiger partial charge in [-0.3, -0.25) is 0 Å². The number of hydrogen-bond donors (Lipinski definition) is 2. The van der Waals surface area contributed by atoms with Crippen molar-refractivity contribution in [3.8, 4) is 0 Å². The number of nitrogens with two attached hydrogens (primary N) is 1. The highest BCUT2D eigenvalue weighted by molar-refractivity contribution is 7.80. The lowest BCUT2D eigenvalue weighted by molar-refractivity contribution is 0.900. The molecule has 1 aromatic heterocycles. The summed E-state index contributed by atoms with van der Waals surface area (Å²) in [6, 6.07) is 5.46. The number of hydrogen-bond acceptors (Lipinski definition) is 4. The van der Waals surface area contributed by atoms with E-state index < -0.39 is 0 Å². The Morgan fingerprint density at radius 2 is 2.26 bits per heavy atom. The maximum atomic E-state index is 5.97. The van der Waals surface area contributed by atoms with Crippen molar-refractivity contribution in [3.63, 3.8) is 0 Å². The minimum absolute atomic E-state index is 0.328. The van der Waals surface area contributed by atoms with Crippen LogP contribution in [0.25, 0.3) is 0 Å². The molecule has 3 rings (SSSR count). The third kappa shape index (κ3) is 2.59. The van der Waals surface area contributed by atoms with Gasteiger partial charge in [-0.2, -0.15) is 0 Å². The summed E-state index contributed by atoms with van der Waals surface area (Å²) in [6.45, 7) is 0. The zero-order valence-electron chi connectivity index (χ0n) is 10.1. The predicted molar refractivity (Wildman–Crippen MR) is 84.8 cm³/mol. The predicted octanol–water partition coefficient (Wildman–Crippen LogP) is 3.66. The summed E-state index contributed by atoms with van der Waals surface area (Å²) in [6.07, 6.45) is 3.43. The van der Waals surface area contributed by atoms with E-state index in [-0.39, 0.29) is 0 Å². The molecule has 1 aliphatic rings. The number of nitrogens with zero attached hydrogens (tertiary/aromatic N) is 1. The molecule has 19 heavy (non-hydrogen) atoms. The lowest BCUT2D eigenvalue weighted by Gasteiger charge is -2.09. The monoisotopic (exact) mass is 309 g/mol. The van der Waals surface area contributed by atoms with E-state index in [0.717, 1.165) is 29.2 Å². The molecule has 0 saturated heterocycles. The Bertz CT molecular complexity index is 630. The van der Waals surface area contributed by atoms with Crippen LogP contribution >= 0.6 is 35.2 Å². The Labute approximate surface area is 125 Å². The van der Waals surface area contributed by atoms with Crippen LogP contribution in [0.2, 0.25) is 5.02 Å². The van der Waals surface area contributed by atoms with Gasteiger partial charge in [0.25, 0.3) is 0 Å². The highest BCUT2D eigenvalue weighted by Crippen LogP contribution is 2.33. The molecule has 0 unspecified atom stereocenters. The van der Waals surface area contributed by atoms with Crippen molar-refractivity contribution in [1.29, 1.82) is 0 Å². The maximum Gasteiger partial charge on any atom is 0.187 e. The number of nitrogens with one attached hydrogen (secondary N) is 1. The molecule has 0 radical (unpaired) electrons. The van der Waals surface area contributed by atoms with Gasteiger partial charge in [-0.05, 0) is 37.5 Å². The first kappa shape index (κ1) is 12.8. The van der Waals surface area contributed by atoms with Crippen LogP contribution in [0.4, 0.5) is 10.8 Å². The van der Waals surface area contributed by atoms with Crippen molar-refractivity contribution in [2.75, 3.05) is 5.32 Å². The fourth-order valence-electron chi connectivity index (χ4n) is 2.19. The van der Waals surface area contributed by atoms with Gasteiger partial charge in [-0.25, -0.2) is 4.98 Å². The van der Waals surface area contributed by atoms with E-state index in [1.54, 1.807) is 17.4 Å². The number of benzene rings is 1. The van der Waals surface area contributed by atoms with E-state index in [4.69, 9.17) is 29.6 Å². The standard InChI is InChI=1S/C13H12ClN3S2/c14-7-4-5-9(8(6-7)12(15)18)16-13-17-10-2-1-3-11(10)19-13/h4-6H,1-3H2,(H2,15,18)(H,16,17). The van der Waals surface area contributed by atoms with Crippen LogP contribution in [0.15, 0.2) is 18.2 Å². The van der Waals surface area contributed by atoms with Crippen LogP contribution < -0.4 is 11.1 Å². The highest BCUT2D eigenvalue weighted by atomic mass is 35.5. The SMILES string of the molecule is NC(=S)c1cc(Cl)ccc1Nc1nc2c(s1)CCC2. The lowest BCUT2D eigenvalue weighted by Crippen LogP contribution is -2.11. The number of fused-ring (bicyclic) bond motifs is 1. The van der Waals surface area contributed by atoms with Gasteiger partial charge in [0.15, 0.2) is 5.13 Å². The number of anilines is 2. The van der Waals surface area contributed by atoms with Gasteiger partial charge in [0.2, 0.25) is 0 Å². The van der Waals surface area contributed by atoms with Crippen LogP contribution in [0, 0.1) is 0 Å². The van der Waals surface area contributed by atoms with E-state index >= 15 is 0 Å². The van der Waals surface area contributed by atoms with E-state index in [9.17, 15) is 0 Å². The Morgan fingerprint density at radius 1 is 1.42 bits per heavy atom. The van der Waals surface area contributed by atoms with E-state index in [0.29, 0.717) is 10.0 Å². The third-order valence-corrected chi connectivity index (χ3v) is 4.61. The van der Waals surface area contributed by atoms with Crippen molar-refractivity contribution < 1.29 is 0 Å².